The van der Waals surface area contributed by atoms with Crippen LogP contribution in [0.4, 0.5) is 0 Å². The predicted molar refractivity (Wildman–Crippen MR) is 109 cm³/mol. The van der Waals surface area contributed by atoms with Crippen LogP contribution in [0.1, 0.15) is 54.9 Å². The molecule has 0 spiro atoms. The van der Waals surface area contributed by atoms with E-state index in [2.05, 4.69) is 29.2 Å². The molecule has 0 bridgehead atoms. The zero-order valence-corrected chi connectivity index (χ0v) is 17.3. The molecule has 1 fully saturated rings. The number of likely N-dealkylation sites (tertiary alicyclic amines) is 1. The fourth-order valence-electron chi connectivity index (χ4n) is 3.42. The highest BCUT2D eigenvalue weighted by molar-refractivity contribution is 7.98. The number of aromatic nitrogens is 1. The maximum Gasteiger partial charge on any atom is 0.252 e. The average molecular weight is 388 g/mol. The monoisotopic (exact) mass is 387 g/mol. The lowest BCUT2D eigenvalue weighted by Crippen LogP contribution is -2.53. The molecule has 3 rings (SSSR count). The summed E-state index contributed by atoms with van der Waals surface area (Å²) in [5.41, 5.74) is 1.56. The van der Waals surface area contributed by atoms with Gasteiger partial charge in [0.2, 0.25) is 0 Å². The number of carbonyl (C=O) groups is 1. The molecule has 146 valence electrons. The minimum atomic E-state index is -0.0322. The number of carbonyl (C=O) groups excluding carboxylic acids is 1. The molecule has 27 heavy (non-hydrogen) atoms. The van der Waals surface area contributed by atoms with E-state index in [9.17, 15) is 4.79 Å². The maximum atomic E-state index is 12.8. The molecule has 1 amide bonds. The summed E-state index contributed by atoms with van der Waals surface area (Å²) in [5, 5.41) is 7.06. The van der Waals surface area contributed by atoms with E-state index in [0.29, 0.717) is 17.9 Å². The predicted octanol–water partition coefficient (Wildman–Crippen LogP) is 4.27. The summed E-state index contributed by atoms with van der Waals surface area (Å²) in [6.07, 6.45) is 3.81. The van der Waals surface area contributed by atoms with E-state index in [4.69, 9.17) is 4.52 Å². The van der Waals surface area contributed by atoms with Crippen LogP contribution in [0.15, 0.2) is 39.8 Å². The van der Waals surface area contributed by atoms with Crippen LogP contribution in [-0.4, -0.2) is 41.1 Å². The van der Waals surface area contributed by atoms with Crippen molar-refractivity contribution in [1.82, 2.24) is 15.4 Å². The number of benzene rings is 1. The third kappa shape index (κ3) is 5.36. The van der Waals surface area contributed by atoms with Gasteiger partial charge in [-0.05, 0) is 58.8 Å². The molecular formula is C21H29N3O2S. The van der Waals surface area contributed by atoms with E-state index < -0.39 is 0 Å². The molecule has 1 aliphatic heterocycles. The van der Waals surface area contributed by atoms with Crippen LogP contribution >= 0.6 is 11.8 Å². The summed E-state index contributed by atoms with van der Waals surface area (Å²) in [5.74, 6) is 1.46. The number of thioether (sulfide) groups is 1. The molecule has 1 saturated heterocycles. The van der Waals surface area contributed by atoms with Gasteiger partial charge in [-0.1, -0.05) is 23.7 Å². The Labute approximate surface area is 165 Å². The fourth-order valence-corrected chi connectivity index (χ4v) is 4.34. The van der Waals surface area contributed by atoms with Gasteiger partial charge in [-0.25, -0.2) is 0 Å². The molecule has 1 aromatic heterocycles. The van der Waals surface area contributed by atoms with E-state index >= 15 is 0 Å². The molecule has 1 aliphatic rings. The molecule has 0 aliphatic carbocycles. The van der Waals surface area contributed by atoms with Crippen molar-refractivity contribution in [2.75, 3.05) is 19.6 Å². The zero-order chi connectivity index (χ0) is 19.3. The van der Waals surface area contributed by atoms with Gasteiger partial charge in [0.25, 0.3) is 5.91 Å². The van der Waals surface area contributed by atoms with Gasteiger partial charge in [0.1, 0.15) is 5.76 Å². The van der Waals surface area contributed by atoms with Gasteiger partial charge in [-0.15, -0.1) is 11.8 Å². The molecule has 2 aromatic rings. The first-order chi connectivity index (χ1) is 13.0. The van der Waals surface area contributed by atoms with Crippen molar-refractivity contribution in [3.8, 4) is 0 Å². The standard InChI is InChI=1S/C21H29N3O2S/c1-16-13-17(26-23-16)14-27-19-10-6-5-9-18(19)20(25)22-15-21(2,3)24-11-7-4-8-12-24/h5-6,9-10,13H,4,7-8,11-12,14-15H2,1-3H3,(H,22,25). The molecule has 5 nitrogen and oxygen atoms in total. The van der Waals surface area contributed by atoms with Crippen molar-refractivity contribution < 1.29 is 9.32 Å². The molecule has 1 N–H and O–H groups in total. The average Bonchev–Trinajstić information content (AvgIpc) is 3.11. The Morgan fingerprint density at radius 3 is 2.70 bits per heavy atom. The van der Waals surface area contributed by atoms with E-state index in [0.717, 1.165) is 29.4 Å². The highest BCUT2D eigenvalue weighted by atomic mass is 32.2. The number of piperidine rings is 1. The van der Waals surface area contributed by atoms with Crippen molar-refractivity contribution in [2.45, 2.75) is 56.2 Å². The first-order valence-corrected chi connectivity index (χ1v) is 10.6. The van der Waals surface area contributed by atoms with Crippen molar-refractivity contribution in [3.05, 3.63) is 47.3 Å². The third-order valence-corrected chi connectivity index (χ3v) is 6.17. The van der Waals surface area contributed by atoms with Gasteiger partial charge in [0.05, 0.1) is 17.0 Å². The van der Waals surface area contributed by atoms with E-state index in [1.165, 1.54) is 19.3 Å². The van der Waals surface area contributed by atoms with Gasteiger partial charge in [-0.3, -0.25) is 9.69 Å². The summed E-state index contributed by atoms with van der Waals surface area (Å²) >= 11 is 1.60. The summed E-state index contributed by atoms with van der Waals surface area (Å²) in [6.45, 7) is 9.21. The second-order valence-corrected chi connectivity index (χ2v) is 8.78. The Morgan fingerprint density at radius 1 is 1.26 bits per heavy atom. The molecule has 0 radical (unpaired) electrons. The minimum absolute atomic E-state index is 0.0167. The number of amides is 1. The number of aryl methyl sites for hydroxylation is 1. The number of hydrogen-bond donors (Lipinski definition) is 1. The van der Waals surface area contributed by atoms with Gasteiger partial charge in [0, 0.05) is 23.0 Å². The van der Waals surface area contributed by atoms with Crippen LogP contribution in [0, 0.1) is 6.92 Å². The highest BCUT2D eigenvalue weighted by Crippen LogP contribution is 2.27. The molecule has 0 saturated carbocycles. The van der Waals surface area contributed by atoms with Gasteiger partial charge >= 0.3 is 0 Å². The molecule has 2 heterocycles. The van der Waals surface area contributed by atoms with Crippen molar-refractivity contribution in [2.24, 2.45) is 0 Å². The summed E-state index contributed by atoms with van der Waals surface area (Å²) in [4.78, 5) is 16.3. The summed E-state index contributed by atoms with van der Waals surface area (Å²) in [6, 6.07) is 9.67. The Balaban J connectivity index is 1.60. The van der Waals surface area contributed by atoms with Crippen LogP contribution in [0.25, 0.3) is 0 Å². The topological polar surface area (TPSA) is 58.4 Å². The fraction of sp³-hybridized carbons (Fsp3) is 0.524. The highest BCUT2D eigenvalue weighted by Gasteiger charge is 2.28. The van der Waals surface area contributed by atoms with Crippen LogP contribution in [0.2, 0.25) is 0 Å². The van der Waals surface area contributed by atoms with Gasteiger partial charge in [0.15, 0.2) is 0 Å². The lowest BCUT2D eigenvalue weighted by atomic mass is 9.98. The lowest BCUT2D eigenvalue weighted by Gasteiger charge is -2.41. The maximum absolute atomic E-state index is 12.8. The Morgan fingerprint density at radius 2 is 2.00 bits per heavy atom. The zero-order valence-electron chi connectivity index (χ0n) is 16.5. The molecule has 0 atom stereocenters. The number of hydrogen-bond acceptors (Lipinski definition) is 5. The Hall–Kier alpha value is -1.79. The third-order valence-electron chi connectivity index (χ3n) is 5.07. The number of nitrogens with one attached hydrogen (secondary N) is 1. The summed E-state index contributed by atoms with van der Waals surface area (Å²) in [7, 11) is 0. The first-order valence-electron chi connectivity index (χ1n) is 9.63. The molecule has 6 heteroatoms. The molecule has 0 unspecified atom stereocenters. The normalized spacial score (nSPS) is 15.7. The molecular weight excluding hydrogens is 358 g/mol. The van der Waals surface area contributed by atoms with Crippen molar-refractivity contribution in [1.29, 1.82) is 0 Å². The first kappa shape index (κ1) is 20.0. The van der Waals surface area contributed by atoms with Gasteiger partial charge in [-0.2, -0.15) is 0 Å². The summed E-state index contributed by atoms with van der Waals surface area (Å²) < 4.78 is 5.27. The lowest BCUT2D eigenvalue weighted by molar-refractivity contribution is 0.0795. The van der Waals surface area contributed by atoms with Crippen LogP contribution in [0.5, 0.6) is 0 Å². The smallest absolute Gasteiger partial charge is 0.252 e. The minimum Gasteiger partial charge on any atom is -0.360 e. The van der Waals surface area contributed by atoms with Crippen LogP contribution in [-0.2, 0) is 5.75 Å². The van der Waals surface area contributed by atoms with E-state index in [1.807, 2.05) is 37.3 Å². The second-order valence-electron chi connectivity index (χ2n) is 7.76. The molecule has 1 aromatic carbocycles. The second kappa shape index (κ2) is 8.93. The van der Waals surface area contributed by atoms with Crippen LogP contribution in [0.3, 0.4) is 0 Å². The van der Waals surface area contributed by atoms with Gasteiger partial charge < -0.3 is 9.84 Å². The Kier molecular flexibility index (Phi) is 6.60. The Bertz CT molecular complexity index is 766. The largest absolute Gasteiger partial charge is 0.360 e. The number of rotatable bonds is 7. The van der Waals surface area contributed by atoms with Crippen molar-refractivity contribution >= 4 is 17.7 Å². The van der Waals surface area contributed by atoms with Crippen molar-refractivity contribution in [3.63, 3.8) is 0 Å². The quantitative estimate of drug-likeness (QED) is 0.719. The SMILES string of the molecule is Cc1cc(CSc2ccccc2C(=O)NCC(C)(C)N2CCCCC2)on1. The van der Waals surface area contributed by atoms with E-state index in [-0.39, 0.29) is 11.4 Å². The van der Waals surface area contributed by atoms with Crippen LogP contribution < -0.4 is 5.32 Å². The van der Waals surface area contributed by atoms with E-state index in [1.54, 1.807) is 11.8 Å². The number of nitrogens with zero attached hydrogens (tertiary/aromatic N) is 2.